The number of fused-ring (bicyclic) bond motifs is 3. The molecule has 0 saturated heterocycles. The van der Waals surface area contributed by atoms with Crippen LogP contribution in [0.5, 0.6) is 0 Å². The summed E-state index contributed by atoms with van der Waals surface area (Å²) in [5.74, 6) is 5.09. The van der Waals surface area contributed by atoms with Gasteiger partial charge in [0, 0.05) is 17.8 Å². The summed E-state index contributed by atoms with van der Waals surface area (Å²) in [5, 5.41) is 2.39. The lowest BCUT2D eigenvalue weighted by atomic mass is 9.93. The topological polar surface area (TPSA) is 58.4 Å². The van der Waals surface area contributed by atoms with Crippen LogP contribution in [0.4, 0.5) is 11.4 Å². The molecule has 1 heterocycles. The van der Waals surface area contributed by atoms with Crippen LogP contribution >= 0.6 is 0 Å². The normalized spacial score (nSPS) is 12.7. The molecule has 1 amide bonds. The fourth-order valence-electron chi connectivity index (χ4n) is 3.29. The standard InChI is InChI=1S/C19H17N3O/c20-21-19(23)12-22-17-8-4-3-7-15(17)10-16-9-13-5-1-2-6-14(13)11-18(16)22/h1-9,11H,10,12,20H2,(H,21,23). The van der Waals surface area contributed by atoms with E-state index in [4.69, 9.17) is 5.84 Å². The SMILES string of the molecule is NNC(=O)CN1c2ccccc2Cc2cc3ccccc3cc21. The minimum atomic E-state index is -0.208. The average Bonchev–Trinajstić information content (AvgIpc) is 2.59. The third-order valence-corrected chi connectivity index (χ3v) is 4.36. The molecule has 4 rings (SSSR count). The number of amides is 1. The highest BCUT2D eigenvalue weighted by Crippen LogP contribution is 2.40. The first-order valence-electron chi connectivity index (χ1n) is 7.63. The Balaban J connectivity index is 1.91. The minimum Gasteiger partial charge on any atom is -0.331 e. The molecule has 3 aromatic carbocycles. The fraction of sp³-hybridized carbons (Fsp3) is 0.105. The highest BCUT2D eigenvalue weighted by molar-refractivity contribution is 5.93. The summed E-state index contributed by atoms with van der Waals surface area (Å²) in [6.07, 6.45) is 0.872. The second kappa shape index (κ2) is 5.41. The smallest absolute Gasteiger partial charge is 0.253 e. The number of hydrogen-bond donors (Lipinski definition) is 2. The lowest BCUT2D eigenvalue weighted by molar-refractivity contribution is -0.119. The number of nitrogens with two attached hydrogens (primary N) is 1. The van der Waals surface area contributed by atoms with Crippen molar-refractivity contribution in [3.8, 4) is 0 Å². The van der Waals surface area contributed by atoms with Crippen molar-refractivity contribution in [1.82, 2.24) is 5.43 Å². The summed E-state index contributed by atoms with van der Waals surface area (Å²) < 4.78 is 0. The number of carbonyl (C=O) groups excluding carboxylic acids is 1. The summed E-state index contributed by atoms with van der Waals surface area (Å²) in [7, 11) is 0. The van der Waals surface area contributed by atoms with E-state index in [9.17, 15) is 4.79 Å². The van der Waals surface area contributed by atoms with Crippen molar-refractivity contribution in [2.24, 2.45) is 5.84 Å². The van der Waals surface area contributed by atoms with Gasteiger partial charge < -0.3 is 4.90 Å². The van der Waals surface area contributed by atoms with Crippen LogP contribution in [0.1, 0.15) is 11.1 Å². The average molecular weight is 303 g/mol. The van der Waals surface area contributed by atoms with Gasteiger partial charge in [0.1, 0.15) is 6.54 Å². The molecule has 0 aliphatic carbocycles. The Morgan fingerprint density at radius 2 is 1.65 bits per heavy atom. The van der Waals surface area contributed by atoms with Crippen LogP contribution in [0, 0.1) is 0 Å². The molecule has 3 N–H and O–H groups in total. The molecule has 0 spiro atoms. The summed E-state index contributed by atoms with van der Waals surface area (Å²) in [6, 6.07) is 20.9. The molecular weight excluding hydrogens is 286 g/mol. The quantitative estimate of drug-likeness (QED) is 0.435. The van der Waals surface area contributed by atoms with Crippen LogP contribution in [0.3, 0.4) is 0 Å². The van der Waals surface area contributed by atoms with E-state index in [1.807, 2.05) is 29.2 Å². The van der Waals surface area contributed by atoms with Crippen LogP contribution in [0.2, 0.25) is 0 Å². The van der Waals surface area contributed by atoms with Crippen LogP contribution in [0.25, 0.3) is 10.8 Å². The second-order valence-electron chi connectivity index (χ2n) is 5.79. The Hall–Kier alpha value is -2.85. The molecule has 23 heavy (non-hydrogen) atoms. The zero-order valence-electron chi connectivity index (χ0n) is 12.6. The first-order valence-corrected chi connectivity index (χ1v) is 7.63. The zero-order valence-corrected chi connectivity index (χ0v) is 12.6. The van der Waals surface area contributed by atoms with Crippen LogP contribution in [-0.2, 0) is 11.2 Å². The molecule has 0 aromatic heterocycles. The van der Waals surface area contributed by atoms with Crippen molar-refractivity contribution in [3.05, 3.63) is 71.8 Å². The molecule has 1 aliphatic heterocycles. The van der Waals surface area contributed by atoms with E-state index in [2.05, 4.69) is 41.8 Å². The highest BCUT2D eigenvalue weighted by Gasteiger charge is 2.24. The van der Waals surface area contributed by atoms with Gasteiger partial charge in [0.15, 0.2) is 0 Å². The number of nitrogens with one attached hydrogen (secondary N) is 1. The predicted molar refractivity (Wildman–Crippen MR) is 92.5 cm³/mol. The van der Waals surface area contributed by atoms with Gasteiger partial charge >= 0.3 is 0 Å². The molecule has 0 saturated carbocycles. The summed E-state index contributed by atoms with van der Waals surface area (Å²) in [6.45, 7) is 0.207. The number of para-hydroxylation sites is 1. The largest absolute Gasteiger partial charge is 0.331 e. The van der Waals surface area contributed by atoms with Gasteiger partial charge in [0.05, 0.1) is 0 Å². The first-order chi connectivity index (χ1) is 11.3. The molecular formula is C19H17N3O. The van der Waals surface area contributed by atoms with Gasteiger partial charge in [-0.25, -0.2) is 5.84 Å². The molecule has 4 nitrogen and oxygen atoms in total. The molecule has 3 aromatic rings. The Morgan fingerprint density at radius 3 is 2.43 bits per heavy atom. The number of hydrazine groups is 1. The van der Waals surface area contributed by atoms with E-state index in [0.717, 1.165) is 17.8 Å². The number of nitrogens with zero attached hydrogens (tertiary/aromatic N) is 1. The zero-order chi connectivity index (χ0) is 15.8. The summed E-state index contributed by atoms with van der Waals surface area (Å²) in [4.78, 5) is 13.9. The lowest BCUT2D eigenvalue weighted by Gasteiger charge is -2.33. The third-order valence-electron chi connectivity index (χ3n) is 4.36. The number of rotatable bonds is 2. The van der Waals surface area contributed by atoms with Gasteiger partial charge in [-0.05, 0) is 40.1 Å². The van der Waals surface area contributed by atoms with Crippen molar-refractivity contribution >= 4 is 28.1 Å². The van der Waals surface area contributed by atoms with Gasteiger partial charge in [-0.2, -0.15) is 0 Å². The van der Waals surface area contributed by atoms with Crippen LogP contribution in [-0.4, -0.2) is 12.5 Å². The number of carbonyl (C=O) groups is 1. The number of anilines is 2. The second-order valence-corrected chi connectivity index (χ2v) is 5.79. The molecule has 0 radical (unpaired) electrons. The van der Waals surface area contributed by atoms with Crippen molar-refractivity contribution in [3.63, 3.8) is 0 Å². The third kappa shape index (κ3) is 2.33. The Bertz CT molecular complexity index is 904. The molecule has 114 valence electrons. The van der Waals surface area contributed by atoms with Crippen molar-refractivity contribution in [1.29, 1.82) is 0 Å². The van der Waals surface area contributed by atoms with E-state index in [0.29, 0.717) is 0 Å². The minimum absolute atomic E-state index is 0.207. The number of benzene rings is 3. The van der Waals surface area contributed by atoms with Crippen molar-refractivity contribution in [2.75, 3.05) is 11.4 Å². The molecule has 0 bridgehead atoms. The molecule has 0 unspecified atom stereocenters. The summed E-state index contributed by atoms with van der Waals surface area (Å²) in [5.41, 5.74) is 6.83. The van der Waals surface area contributed by atoms with Gasteiger partial charge in [-0.15, -0.1) is 0 Å². The van der Waals surface area contributed by atoms with Crippen molar-refractivity contribution in [2.45, 2.75) is 6.42 Å². The monoisotopic (exact) mass is 303 g/mol. The Kier molecular flexibility index (Phi) is 3.24. The van der Waals surface area contributed by atoms with Gasteiger partial charge in [0.2, 0.25) is 0 Å². The molecule has 4 heteroatoms. The van der Waals surface area contributed by atoms with E-state index in [-0.39, 0.29) is 12.5 Å². The van der Waals surface area contributed by atoms with Crippen LogP contribution in [0.15, 0.2) is 60.7 Å². The van der Waals surface area contributed by atoms with Crippen molar-refractivity contribution < 1.29 is 4.79 Å². The Labute approximate surface area is 134 Å². The van der Waals surface area contributed by atoms with Crippen LogP contribution < -0.4 is 16.2 Å². The van der Waals surface area contributed by atoms with E-state index in [1.54, 1.807) is 0 Å². The maximum atomic E-state index is 11.9. The lowest BCUT2D eigenvalue weighted by Crippen LogP contribution is -2.39. The maximum absolute atomic E-state index is 11.9. The highest BCUT2D eigenvalue weighted by atomic mass is 16.2. The van der Waals surface area contributed by atoms with E-state index < -0.39 is 0 Å². The predicted octanol–water partition coefficient (Wildman–Crippen LogP) is 2.87. The maximum Gasteiger partial charge on any atom is 0.253 e. The first kappa shape index (κ1) is 13.8. The van der Waals surface area contributed by atoms with E-state index >= 15 is 0 Å². The fourth-order valence-corrected chi connectivity index (χ4v) is 3.29. The summed E-state index contributed by atoms with van der Waals surface area (Å²) >= 11 is 0. The van der Waals surface area contributed by atoms with Gasteiger partial charge in [-0.1, -0.05) is 42.5 Å². The number of hydrogen-bond acceptors (Lipinski definition) is 3. The van der Waals surface area contributed by atoms with Gasteiger partial charge in [0.25, 0.3) is 5.91 Å². The molecule has 0 atom stereocenters. The van der Waals surface area contributed by atoms with E-state index in [1.165, 1.54) is 21.9 Å². The Morgan fingerprint density at radius 1 is 0.957 bits per heavy atom. The molecule has 0 fully saturated rings. The van der Waals surface area contributed by atoms with Gasteiger partial charge in [-0.3, -0.25) is 10.2 Å². The molecule has 1 aliphatic rings.